The van der Waals surface area contributed by atoms with Crippen LogP contribution in [0.15, 0.2) is 34.2 Å². The lowest BCUT2D eigenvalue weighted by Gasteiger charge is -2.30. The monoisotopic (exact) mass is 431 g/mol. The zero-order valence-corrected chi connectivity index (χ0v) is 16.6. The summed E-state index contributed by atoms with van der Waals surface area (Å²) < 4.78 is 19.1. The summed E-state index contributed by atoms with van der Waals surface area (Å²) in [5, 5.41) is 24.4. The van der Waals surface area contributed by atoms with Crippen LogP contribution in [0.4, 0.5) is 4.39 Å². The number of aromatic nitrogens is 2. The topological polar surface area (TPSA) is 117 Å². The molecule has 2 aromatic heterocycles. The highest BCUT2D eigenvalue weighted by Crippen LogP contribution is 2.42. The predicted molar refractivity (Wildman–Crippen MR) is 106 cm³/mol. The van der Waals surface area contributed by atoms with E-state index in [4.69, 9.17) is 9.63 Å². The summed E-state index contributed by atoms with van der Waals surface area (Å²) in [6.07, 6.45) is 1.21. The second-order valence-electron chi connectivity index (χ2n) is 6.93. The molecule has 1 saturated heterocycles. The molecule has 0 aliphatic carbocycles. The third-order valence-corrected chi connectivity index (χ3v) is 5.99. The Bertz CT molecular complexity index is 1070. The summed E-state index contributed by atoms with van der Waals surface area (Å²) in [7, 11) is 0. The van der Waals surface area contributed by atoms with Crippen molar-refractivity contribution in [1.82, 2.24) is 15.0 Å². The van der Waals surface area contributed by atoms with Crippen LogP contribution >= 0.6 is 11.3 Å². The van der Waals surface area contributed by atoms with Crippen molar-refractivity contribution in [3.05, 3.63) is 46.9 Å². The van der Waals surface area contributed by atoms with Gasteiger partial charge in [-0.1, -0.05) is 5.16 Å². The fourth-order valence-electron chi connectivity index (χ4n) is 3.57. The molecule has 1 aliphatic rings. The number of aliphatic hydroxyl groups is 1. The van der Waals surface area contributed by atoms with Gasteiger partial charge in [0.15, 0.2) is 11.5 Å². The first-order valence-corrected chi connectivity index (χ1v) is 10.2. The normalized spacial score (nSPS) is 14.8. The van der Waals surface area contributed by atoms with E-state index < -0.39 is 12.6 Å². The zero-order chi connectivity index (χ0) is 21.3. The summed E-state index contributed by atoms with van der Waals surface area (Å²) in [6, 6.07) is 5.79. The van der Waals surface area contributed by atoms with Crippen LogP contribution in [-0.2, 0) is 4.79 Å². The van der Waals surface area contributed by atoms with Gasteiger partial charge in [0.1, 0.15) is 23.1 Å². The van der Waals surface area contributed by atoms with Crippen LogP contribution in [0.1, 0.15) is 35.0 Å². The van der Waals surface area contributed by atoms with Gasteiger partial charge in [-0.2, -0.15) is 0 Å². The maximum absolute atomic E-state index is 13.4. The van der Waals surface area contributed by atoms with E-state index in [0.29, 0.717) is 53.5 Å². The molecule has 2 N–H and O–H groups in total. The average Bonchev–Trinajstić information content (AvgIpc) is 3.41. The number of piperidine rings is 1. The average molecular weight is 431 g/mol. The number of benzene rings is 1. The Labute approximate surface area is 174 Å². The van der Waals surface area contributed by atoms with Gasteiger partial charge in [0, 0.05) is 30.0 Å². The van der Waals surface area contributed by atoms with Crippen LogP contribution < -0.4 is 0 Å². The second-order valence-corrected chi connectivity index (χ2v) is 7.79. The predicted octanol–water partition coefficient (Wildman–Crippen LogP) is 3.00. The lowest BCUT2D eigenvalue weighted by atomic mass is 9.90. The molecule has 30 heavy (non-hydrogen) atoms. The van der Waals surface area contributed by atoms with Crippen molar-refractivity contribution in [3.63, 3.8) is 0 Å². The molecule has 3 heterocycles. The van der Waals surface area contributed by atoms with Crippen molar-refractivity contribution in [2.24, 2.45) is 0 Å². The van der Waals surface area contributed by atoms with E-state index in [2.05, 4.69) is 10.1 Å². The van der Waals surface area contributed by atoms with E-state index in [0.717, 1.165) is 0 Å². The third kappa shape index (κ3) is 3.83. The second kappa shape index (κ2) is 8.33. The molecule has 0 unspecified atom stereocenters. The van der Waals surface area contributed by atoms with Crippen LogP contribution in [0.25, 0.3) is 21.8 Å². The SMILES string of the molecule is O=C(O)c1csc(-c2c(-c3ccc(F)cc3)noc2C2CCN(C(=O)CO)CC2)n1. The molecule has 156 valence electrons. The Morgan fingerprint density at radius 1 is 1.23 bits per heavy atom. The number of rotatable bonds is 5. The van der Waals surface area contributed by atoms with Crippen molar-refractivity contribution in [2.75, 3.05) is 19.7 Å². The first-order chi connectivity index (χ1) is 14.5. The fraction of sp³-hybridized carbons (Fsp3) is 0.300. The highest BCUT2D eigenvalue weighted by atomic mass is 32.1. The van der Waals surface area contributed by atoms with E-state index in [9.17, 15) is 19.1 Å². The van der Waals surface area contributed by atoms with E-state index in [1.807, 2.05) is 0 Å². The molecule has 1 aromatic carbocycles. The number of aliphatic hydroxyl groups excluding tert-OH is 1. The molecular weight excluding hydrogens is 413 g/mol. The first-order valence-electron chi connectivity index (χ1n) is 9.31. The van der Waals surface area contributed by atoms with Gasteiger partial charge >= 0.3 is 5.97 Å². The van der Waals surface area contributed by atoms with Gasteiger partial charge in [-0.15, -0.1) is 11.3 Å². The summed E-state index contributed by atoms with van der Waals surface area (Å²) in [5.74, 6) is -1.32. The number of nitrogens with zero attached hydrogens (tertiary/aromatic N) is 3. The number of amides is 1. The van der Waals surface area contributed by atoms with Crippen molar-refractivity contribution < 1.29 is 28.7 Å². The molecule has 1 fully saturated rings. The molecule has 0 atom stereocenters. The number of halogens is 1. The standard InChI is InChI=1S/C20H18FN3O5S/c21-13-3-1-11(2-4-13)17-16(19-22-14(10-30-19)20(27)28)18(29-23-17)12-5-7-24(8-6-12)15(26)9-25/h1-4,10,12,25H,5-9H2,(H,27,28). The minimum absolute atomic E-state index is 0.0541. The fourth-order valence-corrected chi connectivity index (χ4v) is 4.41. The number of carbonyl (C=O) groups excluding carboxylic acids is 1. The lowest BCUT2D eigenvalue weighted by molar-refractivity contribution is -0.135. The van der Waals surface area contributed by atoms with Gasteiger partial charge in [-0.25, -0.2) is 14.2 Å². The van der Waals surface area contributed by atoms with E-state index >= 15 is 0 Å². The number of likely N-dealkylation sites (tertiary alicyclic amines) is 1. The Morgan fingerprint density at radius 3 is 2.53 bits per heavy atom. The van der Waals surface area contributed by atoms with Crippen LogP contribution in [0.5, 0.6) is 0 Å². The quantitative estimate of drug-likeness (QED) is 0.638. The molecule has 8 nitrogen and oxygen atoms in total. The summed E-state index contributed by atoms with van der Waals surface area (Å²) >= 11 is 1.17. The first kappa shape index (κ1) is 20.2. The molecule has 10 heteroatoms. The maximum Gasteiger partial charge on any atom is 0.355 e. The number of hydrogen-bond donors (Lipinski definition) is 2. The van der Waals surface area contributed by atoms with E-state index in [1.165, 1.54) is 28.8 Å². The summed E-state index contributed by atoms with van der Waals surface area (Å²) in [6.45, 7) is 0.409. The molecular formula is C20H18FN3O5S. The number of hydrogen-bond acceptors (Lipinski definition) is 7. The van der Waals surface area contributed by atoms with Crippen LogP contribution in [0.3, 0.4) is 0 Å². The smallest absolute Gasteiger partial charge is 0.355 e. The van der Waals surface area contributed by atoms with Gasteiger partial charge in [0.05, 0.1) is 5.56 Å². The largest absolute Gasteiger partial charge is 0.476 e. The maximum atomic E-state index is 13.4. The van der Waals surface area contributed by atoms with Crippen LogP contribution in [0.2, 0.25) is 0 Å². The number of carbonyl (C=O) groups is 2. The van der Waals surface area contributed by atoms with Gasteiger partial charge < -0.3 is 19.6 Å². The Hall–Kier alpha value is -3.11. The number of thiazole rings is 1. The Morgan fingerprint density at radius 2 is 1.93 bits per heavy atom. The molecule has 0 saturated carbocycles. The van der Waals surface area contributed by atoms with Crippen molar-refractivity contribution in [2.45, 2.75) is 18.8 Å². The zero-order valence-electron chi connectivity index (χ0n) is 15.7. The highest BCUT2D eigenvalue weighted by molar-refractivity contribution is 7.13. The van der Waals surface area contributed by atoms with Crippen LogP contribution in [-0.4, -0.2) is 56.8 Å². The highest BCUT2D eigenvalue weighted by Gasteiger charge is 2.32. The van der Waals surface area contributed by atoms with Crippen molar-refractivity contribution in [3.8, 4) is 21.8 Å². The molecule has 3 aromatic rings. The number of carboxylic acids is 1. The van der Waals surface area contributed by atoms with Crippen molar-refractivity contribution in [1.29, 1.82) is 0 Å². The third-order valence-electron chi connectivity index (χ3n) is 5.13. The van der Waals surface area contributed by atoms with Crippen LogP contribution in [0, 0.1) is 5.82 Å². The van der Waals surface area contributed by atoms with E-state index in [1.54, 1.807) is 17.0 Å². The van der Waals surface area contributed by atoms with Gasteiger partial charge in [-0.05, 0) is 37.1 Å². The minimum atomic E-state index is -1.13. The summed E-state index contributed by atoms with van der Waals surface area (Å²) in [5.41, 5.74) is 1.60. The number of aromatic carboxylic acids is 1. The minimum Gasteiger partial charge on any atom is -0.476 e. The molecule has 1 aliphatic heterocycles. The van der Waals surface area contributed by atoms with Gasteiger partial charge in [0.2, 0.25) is 5.91 Å². The summed E-state index contributed by atoms with van der Waals surface area (Å²) in [4.78, 5) is 28.8. The number of carboxylic acid groups (broad SMARTS) is 1. The van der Waals surface area contributed by atoms with E-state index in [-0.39, 0.29) is 23.3 Å². The van der Waals surface area contributed by atoms with Gasteiger partial charge in [0.25, 0.3) is 0 Å². The molecule has 0 bridgehead atoms. The van der Waals surface area contributed by atoms with Crippen molar-refractivity contribution >= 4 is 23.2 Å². The van der Waals surface area contributed by atoms with Gasteiger partial charge in [-0.3, -0.25) is 4.79 Å². The molecule has 0 radical (unpaired) electrons. The molecule has 0 spiro atoms. The Kier molecular flexibility index (Phi) is 5.60. The Balaban J connectivity index is 1.73. The molecule has 4 rings (SSSR count). The molecule has 1 amide bonds. The lowest BCUT2D eigenvalue weighted by Crippen LogP contribution is -2.39.